The molecular weight excluding hydrogens is 628 g/mol. The fraction of sp³-hybridized carbons (Fsp3) is 0.400. The Morgan fingerprint density at radius 2 is 1.64 bits per heavy atom. The van der Waals surface area contributed by atoms with Gasteiger partial charge in [0.1, 0.15) is 17.3 Å². The number of piperidine rings is 1. The minimum atomic E-state index is -0.608. The van der Waals surface area contributed by atoms with E-state index < -0.39 is 6.09 Å². The molecule has 1 aromatic heterocycles. The van der Waals surface area contributed by atoms with Crippen LogP contribution in [-0.2, 0) is 11.2 Å². The SMILES string of the molecule is CCN(CC)C(=O)CCc1cccc(N(C(=O)Oc2c(C)cccc2C)c2ccnc(Nc3cccc(OCCCN4CCCCC4)c3)n2)c1. The molecular formula is C40H50N6O4. The Kier molecular flexibility index (Phi) is 13.2. The zero-order chi connectivity index (χ0) is 35.3. The van der Waals surface area contributed by atoms with Gasteiger partial charge in [0.2, 0.25) is 11.9 Å². The summed E-state index contributed by atoms with van der Waals surface area (Å²) in [6, 6.07) is 22.7. The van der Waals surface area contributed by atoms with E-state index in [1.807, 2.05) is 99.3 Å². The number of aromatic nitrogens is 2. The van der Waals surface area contributed by atoms with Gasteiger partial charge in [-0.25, -0.2) is 14.7 Å². The summed E-state index contributed by atoms with van der Waals surface area (Å²) in [5, 5.41) is 3.27. The fourth-order valence-electron chi connectivity index (χ4n) is 6.25. The third kappa shape index (κ3) is 10.0. The molecule has 264 valence electrons. The smallest absolute Gasteiger partial charge is 0.425 e. The van der Waals surface area contributed by atoms with Crippen molar-refractivity contribution in [2.75, 3.05) is 49.5 Å². The zero-order valence-corrected chi connectivity index (χ0v) is 29.9. The van der Waals surface area contributed by atoms with E-state index in [2.05, 4.69) is 15.2 Å². The van der Waals surface area contributed by atoms with Gasteiger partial charge in [-0.3, -0.25) is 4.79 Å². The number of anilines is 4. The van der Waals surface area contributed by atoms with E-state index in [1.165, 1.54) is 37.3 Å². The summed E-state index contributed by atoms with van der Waals surface area (Å²) < 4.78 is 12.1. The van der Waals surface area contributed by atoms with Crippen molar-refractivity contribution in [1.82, 2.24) is 19.8 Å². The maximum Gasteiger partial charge on any atom is 0.425 e. The lowest BCUT2D eigenvalue weighted by Crippen LogP contribution is -2.31. The number of carbonyl (C=O) groups excluding carboxylic acids is 2. The number of ether oxygens (including phenoxy) is 2. The maximum atomic E-state index is 14.0. The van der Waals surface area contributed by atoms with Crippen LogP contribution in [0, 0.1) is 13.8 Å². The number of nitrogens with one attached hydrogen (secondary N) is 1. The molecule has 0 saturated carbocycles. The Morgan fingerprint density at radius 1 is 0.900 bits per heavy atom. The number of hydrogen-bond donors (Lipinski definition) is 1. The highest BCUT2D eigenvalue weighted by Crippen LogP contribution is 2.30. The Bertz CT molecular complexity index is 1700. The minimum absolute atomic E-state index is 0.102. The van der Waals surface area contributed by atoms with Crippen LogP contribution >= 0.6 is 0 Å². The molecule has 2 amide bonds. The number of benzene rings is 3. The lowest BCUT2D eigenvalue weighted by atomic mass is 10.1. The Balaban J connectivity index is 1.34. The van der Waals surface area contributed by atoms with Crippen LogP contribution in [0.25, 0.3) is 0 Å². The summed E-state index contributed by atoms with van der Waals surface area (Å²) in [6.07, 6.45) is 6.80. The third-order valence-corrected chi connectivity index (χ3v) is 8.99. The number of hydrogen-bond acceptors (Lipinski definition) is 8. The van der Waals surface area contributed by atoms with Crippen molar-refractivity contribution in [3.63, 3.8) is 0 Å². The van der Waals surface area contributed by atoms with E-state index in [4.69, 9.17) is 14.5 Å². The number of rotatable bonds is 15. The molecule has 0 bridgehead atoms. The Hall–Kier alpha value is -4.96. The fourth-order valence-corrected chi connectivity index (χ4v) is 6.25. The van der Waals surface area contributed by atoms with E-state index in [9.17, 15) is 9.59 Å². The third-order valence-electron chi connectivity index (χ3n) is 8.99. The van der Waals surface area contributed by atoms with Crippen molar-refractivity contribution >= 4 is 35.1 Å². The molecule has 1 aliphatic heterocycles. The molecule has 0 unspecified atom stereocenters. The van der Waals surface area contributed by atoms with Gasteiger partial charge in [-0.15, -0.1) is 0 Å². The summed E-state index contributed by atoms with van der Waals surface area (Å²) in [5.41, 5.74) is 3.95. The number of aryl methyl sites for hydroxylation is 3. The molecule has 0 spiro atoms. The number of para-hydroxylation sites is 1. The molecule has 2 heterocycles. The van der Waals surface area contributed by atoms with Gasteiger partial charge in [0.15, 0.2) is 0 Å². The maximum absolute atomic E-state index is 14.0. The molecule has 1 fully saturated rings. The van der Waals surface area contributed by atoms with Crippen LogP contribution < -0.4 is 19.7 Å². The van der Waals surface area contributed by atoms with Crippen LogP contribution in [0.3, 0.4) is 0 Å². The van der Waals surface area contributed by atoms with Crippen LogP contribution in [0.1, 0.15) is 62.6 Å². The molecule has 10 heteroatoms. The van der Waals surface area contributed by atoms with E-state index in [-0.39, 0.29) is 5.91 Å². The second-order valence-electron chi connectivity index (χ2n) is 12.7. The van der Waals surface area contributed by atoms with Crippen molar-refractivity contribution in [2.45, 2.75) is 66.2 Å². The average molecular weight is 679 g/mol. The lowest BCUT2D eigenvalue weighted by Gasteiger charge is -2.26. The van der Waals surface area contributed by atoms with Gasteiger partial charge in [-0.2, -0.15) is 4.98 Å². The molecule has 50 heavy (non-hydrogen) atoms. The van der Waals surface area contributed by atoms with Gasteiger partial charge >= 0.3 is 6.09 Å². The number of likely N-dealkylation sites (tertiary alicyclic amines) is 1. The molecule has 5 rings (SSSR count). The molecule has 4 aromatic rings. The molecule has 1 N–H and O–H groups in total. The molecule has 3 aromatic carbocycles. The quantitative estimate of drug-likeness (QED) is 0.126. The van der Waals surface area contributed by atoms with Gasteiger partial charge in [-0.1, -0.05) is 42.8 Å². The van der Waals surface area contributed by atoms with Crippen molar-refractivity contribution in [3.05, 3.63) is 95.7 Å². The molecule has 1 aliphatic rings. The number of carbonyl (C=O) groups is 2. The van der Waals surface area contributed by atoms with Gasteiger partial charge in [0, 0.05) is 50.1 Å². The molecule has 0 aliphatic carbocycles. The topological polar surface area (TPSA) is 100 Å². The normalized spacial score (nSPS) is 13.0. The predicted molar refractivity (Wildman–Crippen MR) is 199 cm³/mol. The van der Waals surface area contributed by atoms with Crippen molar-refractivity contribution in [3.8, 4) is 11.5 Å². The Morgan fingerprint density at radius 3 is 2.40 bits per heavy atom. The first kappa shape index (κ1) is 36.3. The van der Waals surface area contributed by atoms with Gasteiger partial charge < -0.3 is 24.6 Å². The highest BCUT2D eigenvalue weighted by Gasteiger charge is 2.24. The highest BCUT2D eigenvalue weighted by atomic mass is 16.6. The average Bonchev–Trinajstić information content (AvgIpc) is 3.12. The summed E-state index contributed by atoms with van der Waals surface area (Å²) in [6.45, 7) is 13.2. The summed E-state index contributed by atoms with van der Waals surface area (Å²) in [4.78, 5) is 41.8. The first-order valence-electron chi connectivity index (χ1n) is 17.8. The standard InChI is InChI=1S/C40H50N6O4/c1-5-45(6-2)37(47)21-20-32-16-11-18-34(28-32)46(40(48)50-38-30(3)14-10-15-31(38)4)36-22-23-41-39(43-36)42-33-17-12-19-35(29-33)49-27-13-26-44-24-8-7-9-25-44/h10-12,14-19,22-23,28-29H,5-9,13,20-21,24-27H2,1-4H3,(H,41,42,43). The first-order chi connectivity index (χ1) is 24.3. The Labute approximate surface area is 296 Å². The van der Waals surface area contributed by atoms with Crippen LogP contribution in [-0.4, -0.2) is 71.1 Å². The monoisotopic (exact) mass is 678 g/mol. The van der Waals surface area contributed by atoms with E-state index >= 15 is 0 Å². The summed E-state index contributed by atoms with van der Waals surface area (Å²) in [7, 11) is 0. The summed E-state index contributed by atoms with van der Waals surface area (Å²) in [5.74, 6) is 2.02. The van der Waals surface area contributed by atoms with Crippen LogP contribution in [0.2, 0.25) is 0 Å². The minimum Gasteiger partial charge on any atom is -0.493 e. The van der Waals surface area contributed by atoms with Crippen LogP contribution in [0.5, 0.6) is 11.5 Å². The zero-order valence-electron chi connectivity index (χ0n) is 29.9. The highest BCUT2D eigenvalue weighted by molar-refractivity contribution is 5.96. The number of nitrogens with zero attached hydrogens (tertiary/aromatic N) is 5. The van der Waals surface area contributed by atoms with Gasteiger partial charge in [-0.05, 0) is 107 Å². The second kappa shape index (κ2) is 18.2. The van der Waals surface area contributed by atoms with Crippen LogP contribution in [0.4, 0.5) is 27.9 Å². The van der Waals surface area contributed by atoms with E-state index in [0.717, 1.165) is 41.1 Å². The molecule has 0 atom stereocenters. The van der Waals surface area contributed by atoms with Gasteiger partial charge in [0.25, 0.3) is 0 Å². The lowest BCUT2D eigenvalue weighted by molar-refractivity contribution is -0.130. The first-order valence-corrected chi connectivity index (χ1v) is 17.8. The predicted octanol–water partition coefficient (Wildman–Crippen LogP) is 8.23. The van der Waals surface area contributed by atoms with E-state index in [1.54, 1.807) is 12.3 Å². The molecule has 10 nitrogen and oxygen atoms in total. The van der Waals surface area contributed by atoms with Crippen molar-refractivity contribution < 1.29 is 19.1 Å². The van der Waals surface area contributed by atoms with Crippen molar-refractivity contribution in [1.29, 1.82) is 0 Å². The molecule has 0 radical (unpaired) electrons. The summed E-state index contributed by atoms with van der Waals surface area (Å²) >= 11 is 0. The molecule has 1 saturated heterocycles. The number of amides is 2. The largest absolute Gasteiger partial charge is 0.493 e. The van der Waals surface area contributed by atoms with Crippen molar-refractivity contribution in [2.24, 2.45) is 0 Å². The second-order valence-corrected chi connectivity index (χ2v) is 12.7. The van der Waals surface area contributed by atoms with E-state index in [0.29, 0.717) is 55.7 Å². The van der Waals surface area contributed by atoms with Crippen LogP contribution in [0.15, 0.2) is 79.0 Å². The van der Waals surface area contributed by atoms with Gasteiger partial charge in [0.05, 0.1) is 12.3 Å².